The standard InChI is InChI=1S/C14H19BFN3O3/c1-13(2)14(3,4)22-15(21-13)10-6-5-7-11(16)9(10)8-18-19-12(17)20/h5-8H,1-4H3,(H3,17,19,20). The van der Waals surface area contributed by atoms with Crippen molar-refractivity contribution >= 4 is 24.8 Å². The summed E-state index contributed by atoms with van der Waals surface area (Å²) < 4.78 is 25.9. The Hall–Kier alpha value is -1.93. The predicted octanol–water partition coefficient (Wildman–Crippen LogP) is 1.13. The molecule has 0 unspecified atom stereocenters. The Morgan fingerprint density at radius 3 is 2.45 bits per heavy atom. The first-order valence-electron chi connectivity index (χ1n) is 6.86. The van der Waals surface area contributed by atoms with Gasteiger partial charge in [0, 0.05) is 5.56 Å². The van der Waals surface area contributed by atoms with Gasteiger partial charge in [-0.2, -0.15) is 5.10 Å². The van der Waals surface area contributed by atoms with Crippen molar-refractivity contribution in [3.63, 3.8) is 0 Å². The number of nitrogens with two attached hydrogens (primary N) is 1. The van der Waals surface area contributed by atoms with Crippen LogP contribution in [0.5, 0.6) is 0 Å². The van der Waals surface area contributed by atoms with Gasteiger partial charge in [-0.25, -0.2) is 14.6 Å². The molecule has 0 bridgehead atoms. The Morgan fingerprint density at radius 1 is 1.32 bits per heavy atom. The molecule has 0 atom stereocenters. The Labute approximate surface area is 129 Å². The van der Waals surface area contributed by atoms with E-state index in [1.807, 2.05) is 33.1 Å². The molecule has 1 aliphatic heterocycles. The number of nitrogens with zero attached hydrogens (tertiary/aromatic N) is 1. The largest absolute Gasteiger partial charge is 0.495 e. The summed E-state index contributed by atoms with van der Waals surface area (Å²) in [6.07, 6.45) is 1.18. The predicted molar refractivity (Wildman–Crippen MR) is 82.4 cm³/mol. The van der Waals surface area contributed by atoms with Crippen molar-refractivity contribution in [3.8, 4) is 0 Å². The first-order chi connectivity index (χ1) is 10.1. The Balaban J connectivity index is 2.35. The maximum Gasteiger partial charge on any atom is 0.495 e. The fourth-order valence-electron chi connectivity index (χ4n) is 2.03. The lowest BCUT2D eigenvalue weighted by atomic mass is 9.76. The molecule has 1 saturated heterocycles. The minimum Gasteiger partial charge on any atom is -0.399 e. The lowest BCUT2D eigenvalue weighted by Crippen LogP contribution is -2.41. The van der Waals surface area contributed by atoms with Crippen LogP contribution in [0.1, 0.15) is 33.3 Å². The van der Waals surface area contributed by atoms with Gasteiger partial charge in [-0.15, -0.1) is 0 Å². The zero-order valence-electron chi connectivity index (χ0n) is 13.0. The fourth-order valence-corrected chi connectivity index (χ4v) is 2.03. The second-order valence-corrected chi connectivity index (χ2v) is 6.07. The van der Waals surface area contributed by atoms with E-state index >= 15 is 0 Å². The summed E-state index contributed by atoms with van der Waals surface area (Å²) in [5.74, 6) is -0.498. The highest BCUT2D eigenvalue weighted by Gasteiger charge is 2.52. The zero-order valence-corrected chi connectivity index (χ0v) is 13.0. The van der Waals surface area contributed by atoms with Crippen molar-refractivity contribution in [2.45, 2.75) is 38.9 Å². The fraction of sp³-hybridized carbons (Fsp3) is 0.429. The van der Waals surface area contributed by atoms with Gasteiger partial charge in [0.25, 0.3) is 0 Å². The summed E-state index contributed by atoms with van der Waals surface area (Å²) in [4.78, 5) is 10.6. The van der Waals surface area contributed by atoms with Gasteiger partial charge in [-0.1, -0.05) is 12.1 Å². The molecule has 22 heavy (non-hydrogen) atoms. The van der Waals surface area contributed by atoms with E-state index in [0.29, 0.717) is 5.46 Å². The molecule has 0 aromatic heterocycles. The average molecular weight is 307 g/mol. The van der Waals surface area contributed by atoms with E-state index in [9.17, 15) is 9.18 Å². The maximum atomic E-state index is 14.1. The summed E-state index contributed by atoms with van der Waals surface area (Å²) in [5, 5.41) is 3.61. The highest BCUT2D eigenvalue weighted by molar-refractivity contribution is 6.63. The van der Waals surface area contributed by atoms with Crippen LogP contribution in [0.25, 0.3) is 0 Å². The van der Waals surface area contributed by atoms with Crippen LogP contribution in [0.4, 0.5) is 9.18 Å². The molecule has 1 aromatic rings. The van der Waals surface area contributed by atoms with Crippen molar-refractivity contribution in [3.05, 3.63) is 29.6 Å². The van der Waals surface area contributed by atoms with Crippen LogP contribution in [-0.4, -0.2) is 30.6 Å². The average Bonchev–Trinajstić information content (AvgIpc) is 2.60. The minimum absolute atomic E-state index is 0.176. The minimum atomic E-state index is -0.829. The molecule has 1 aliphatic rings. The van der Waals surface area contributed by atoms with Crippen LogP contribution in [0.2, 0.25) is 0 Å². The summed E-state index contributed by atoms with van der Waals surface area (Å²) in [6, 6.07) is 3.72. The molecule has 0 aliphatic carbocycles. The number of benzene rings is 1. The van der Waals surface area contributed by atoms with Gasteiger partial charge in [-0.05, 0) is 39.2 Å². The summed E-state index contributed by atoms with van der Waals surface area (Å²) in [6.45, 7) is 7.65. The molecular formula is C14H19BFN3O3. The smallest absolute Gasteiger partial charge is 0.399 e. The lowest BCUT2D eigenvalue weighted by Gasteiger charge is -2.32. The molecule has 0 saturated carbocycles. The first kappa shape index (κ1) is 16.4. The van der Waals surface area contributed by atoms with E-state index in [1.54, 1.807) is 12.1 Å². The molecular weight excluding hydrogens is 288 g/mol. The molecule has 8 heteroatoms. The van der Waals surface area contributed by atoms with Gasteiger partial charge in [0.15, 0.2) is 0 Å². The van der Waals surface area contributed by atoms with E-state index in [2.05, 4.69) is 5.10 Å². The van der Waals surface area contributed by atoms with Crippen molar-refractivity contribution in [1.82, 2.24) is 5.43 Å². The second kappa shape index (κ2) is 5.70. The van der Waals surface area contributed by atoms with Crippen molar-refractivity contribution in [2.24, 2.45) is 10.8 Å². The van der Waals surface area contributed by atoms with Crippen molar-refractivity contribution in [2.75, 3.05) is 0 Å². The van der Waals surface area contributed by atoms with Gasteiger partial charge in [0.1, 0.15) is 5.82 Å². The molecule has 1 aromatic carbocycles. The lowest BCUT2D eigenvalue weighted by molar-refractivity contribution is 0.00578. The number of urea groups is 1. The molecule has 2 rings (SSSR count). The molecule has 0 spiro atoms. The zero-order chi connectivity index (χ0) is 16.5. The van der Waals surface area contributed by atoms with Crippen LogP contribution < -0.4 is 16.6 Å². The summed E-state index contributed by atoms with van der Waals surface area (Å²) >= 11 is 0. The Kier molecular flexibility index (Phi) is 4.26. The number of carbonyl (C=O) groups excluding carboxylic acids is 1. The molecule has 1 heterocycles. The number of hydrogen-bond donors (Lipinski definition) is 2. The number of amides is 2. The topological polar surface area (TPSA) is 85.9 Å². The number of primary amides is 1. The number of rotatable bonds is 3. The summed E-state index contributed by atoms with van der Waals surface area (Å²) in [5.41, 5.74) is 6.54. The highest BCUT2D eigenvalue weighted by Crippen LogP contribution is 2.36. The third-order valence-corrected chi connectivity index (χ3v) is 3.96. The molecule has 2 amide bonds. The quantitative estimate of drug-likeness (QED) is 0.498. The normalized spacial score (nSPS) is 19.6. The summed E-state index contributed by atoms with van der Waals surface area (Å²) in [7, 11) is -0.726. The van der Waals surface area contributed by atoms with E-state index in [4.69, 9.17) is 15.0 Å². The van der Waals surface area contributed by atoms with Gasteiger partial charge in [-0.3, -0.25) is 0 Å². The molecule has 6 nitrogen and oxygen atoms in total. The Morgan fingerprint density at radius 2 is 1.91 bits per heavy atom. The first-order valence-corrected chi connectivity index (χ1v) is 6.86. The van der Waals surface area contributed by atoms with Gasteiger partial charge in [0.2, 0.25) is 0 Å². The Bertz CT molecular complexity index is 603. The third-order valence-electron chi connectivity index (χ3n) is 3.96. The molecule has 3 N–H and O–H groups in total. The van der Waals surface area contributed by atoms with E-state index in [1.165, 1.54) is 12.3 Å². The van der Waals surface area contributed by atoms with Gasteiger partial charge < -0.3 is 15.0 Å². The number of nitrogens with one attached hydrogen (secondary N) is 1. The van der Waals surface area contributed by atoms with E-state index in [-0.39, 0.29) is 5.56 Å². The number of hydrogen-bond acceptors (Lipinski definition) is 4. The van der Waals surface area contributed by atoms with Gasteiger partial charge in [0.05, 0.1) is 17.4 Å². The SMILES string of the molecule is CC1(C)OB(c2cccc(F)c2C=NNC(N)=O)OC1(C)C. The molecule has 118 valence electrons. The maximum absolute atomic E-state index is 14.1. The van der Waals surface area contributed by atoms with E-state index in [0.717, 1.165) is 0 Å². The molecule has 1 fully saturated rings. The van der Waals surface area contributed by atoms with Crippen LogP contribution in [0, 0.1) is 5.82 Å². The number of carbonyl (C=O) groups is 1. The van der Waals surface area contributed by atoms with Crippen molar-refractivity contribution in [1.29, 1.82) is 0 Å². The molecule has 0 radical (unpaired) electrons. The van der Waals surface area contributed by atoms with Crippen LogP contribution in [-0.2, 0) is 9.31 Å². The van der Waals surface area contributed by atoms with Crippen LogP contribution >= 0.6 is 0 Å². The number of halogens is 1. The van der Waals surface area contributed by atoms with E-state index < -0.39 is 30.2 Å². The van der Waals surface area contributed by atoms with Crippen LogP contribution in [0.15, 0.2) is 23.3 Å². The van der Waals surface area contributed by atoms with Crippen molar-refractivity contribution < 1.29 is 18.5 Å². The third kappa shape index (κ3) is 3.12. The second-order valence-electron chi connectivity index (χ2n) is 6.07. The monoisotopic (exact) mass is 307 g/mol. The number of hydrazone groups is 1. The van der Waals surface area contributed by atoms with Crippen LogP contribution in [0.3, 0.4) is 0 Å². The van der Waals surface area contributed by atoms with Gasteiger partial charge >= 0.3 is 13.1 Å². The highest BCUT2D eigenvalue weighted by atomic mass is 19.1.